The Labute approximate surface area is 199 Å². The normalized spacial score (nSPS) is 10.9. The first-order valence-corrected chi connectivity index (χ1v) is 10.7. The highest BCUT2D eigenvalue weighted by atomic mass is 16.1. The summed E-state index contributed by atoms with van der Waals surface area (Å²) in [4.78, 5) is 25.6. The third kappa shape index (κ3) is 3.93. The predicted octanol–water partition coefficient (Wildman–Crippen LogP) is 2.32. The highest BCUT2D eigenvalue weighted by molar-refractivity contribution is 5.91. The van der Waals surface area contributed by atoms with E-state index in [0.717, 1.165) is 11.3 Å². The first-order valence-electron chi connectivity index (χ1n) is 10.7. The SMILES string of the molecule is Cc1cccnc1CNc1nc2c(-c3ccc(=O)n(C)n3)c(-c3ccccc3C#N)nc(N)n2n1. The molecule has 0 radical (unpaired) electrons. The number of nitriles is 1. The topological polar surface area (TPSA) is 153 Å². The highest BCUT2D eigenvalue weighted by Gasteiger charge is 2.23. The first kappa shape index (κ1) is 21.7. The minimum atomic E-state index is -0.262. The second-order valence-corrected chi connectivity index (χ2v) is 7.82. The van der Waals surface area contributed by atoms with E-state index in [4.69, 9.17) is 5.73 Å². The molecule has 0 saturated heterocycles. The molecule has 5 aromatic rings. The summed E-state index contributed by atoms with van der Waals surface area (Å²) < 4.78 is 2.63. The standard InChI is InChI=1S/C24H20N10O/c1-14-6-5-11-27-18(14)13-28-24-30-22-20(17-9-10-19(35)33(2)31-17)21(29-23(26)34(22)32-24)16-8-4-3-7-15(16)12-25/h3-11H,13H2,1-2H3,(H2,26,29)(H,28,32). The van der Waals surface area contributed by atoms with Gasteiger partial charge in [-0.3, -0.25) is 9.78 Å². The molecule has 0 aliphatic heterocycles. The molecule has 0 aliphatic rings. The quantitative estimate of drug-likeness (QED) is 0.399. The van der Waals surface area contributed by atoms with E-state index < -0.39 is 0 Å². The van der Waals surface area contributed by atoms with Crippen LogP contribution in [0.3, 0.4) is 0 Å². The van der Waals surface area contributed by atoms with Gasteiger partial charge in [-0.1, -0.05) is 24.3 Å². The van der Waals surface area contributed by atoms with Crippen molar-refractivity contribution in [1.82, 2.24) is 34.3 Å². The molecule has 0 amide bonds. The Kier molecular flexibility index (Phi) is 5.39. The van der Waals surface area contributed by atoms with Gasteiger partial charge in [-0.2, -0.15) is 19.9 Å². The number of benzene rings is 1. The minimum Gasteiger partial charge on any atom is -0.368 e. The fourth-order valence-corrected chi connectivity index (χ4v) is 3.75. The molecule has 5 rings (SSSR count). The van der Waals surface area contributed by atoms with Crippen LogP contribution >= 0.6 is 0 Å². The summed E-state index contributed by atoms with van der Waals surface area (Å²) in [7, 11) is 1.56. The smallest absolute Gasteiger partial charge is 0.266 e. The summed E-state index contributed by atoms with van der Waals surface area (Å²) in [6.07, 6.45) is 1.73. The average molecular weight is 464 g/mol. The number of hydrogen-bond acceptors (Lipinski definition) is 9. The zero-order chi connectivity index (χ0) is 24.5. The molecule has 0 bridgehead atoms. The van der Waals surface area contributed by atoms with E-state index in [0.29, 0.717) is 46.2 Å². The Morgan fingerprint density at radius 2 is 1.91 bits per heavy atom. The Balaban J connectivity index is 1.72. The van der Waals surface area contributed by atoms with Crippen LogP contribution in [0.25, 0.3) is 28.2 Å². The molecule has 3 N–H and O–H groups in total. The van der Waals surface area contributed by atoms with Gasteiger partial charge in [0, 0.05) is 24.9 Å². The molecule has 11 nitrogen and oxygen atoms in total. The molecular formula is C24H20N10O. The van der Waals surface area contributed by atoms with Crippen molar-refractivity contribution in [3.63, 3.8) is 0 Å². The number of nitrogens with two attached hydrogens (primary N) is 1. The van der Waals surface area contributed by atoms with Crippen molar-refractivity contribution in [2.24, 2.45) is 7.05 Å². The molecule has 0 aliphatic carbocycles. The van der Waals surface area contributed by atoms with Gasteiger partial charge in [0.15, 0.2) is 5.65 Å². The van der Waals surface area contributed by atoms with Gasteiger partial charge in [-0.25, -0.2) is 9.67 Å². The second kappa shape index (κ2) is 8.68. The summed E-state index contributed by atoms with van der Waals surface area (Å²) in [5.41, 5.74) is 10.6. The van der Waals surface area contributed by atoms with Crippen molar-refractivity contribution in [2.75, 3.05) is 11.1 Å². The Morgan fingerprint density at radius 3 is 2.69 bits per heavy atom. The zero-order valence-corrected chi connectivity index (χ0v) is 19.0. The lowest BCUT2D eigenvalue weighted by atomic mass is 9.99. The van der Waals surface area contributed by atoms with Crippen molar-refractivity contribution < 1.29 is 0 Å². The molecule has 4 aromatic heterocycles. The van der Waals surface area contributed by atoms with Crippen LogP contribution in [0.5, 0.6) is 0 Å². The van der Waals surface area contributed by atoms with Crippen molar-refractivity contribution in [2.45, 2.75) is 13.5 Å². The number of fused-ring (bicyclic) bond motifs is 1. The van der Waals surface area contributed by atoms with E-state index in [1.807, 2.05) is 25.1 Å². The van der Waals surface area contributed by atoms with E-state index in [-0.39, 0.29) is 11.5 Å². The van der Waals surface area contributed by atoms with Crippen LogP contribution in [0.4, 0.5) is 11.9 Å². The van der Waals surface area contributed by atoms with Crippen LogP contribution in [-0.2, 0) is 13.6 Å². The van der Waals surface area contributed by atoms with Gasteiger partial charge in [0.1, 0.15) is 0 Å². The van der Waals surface area contributed by atoms with Crippen LogP contribution in [0.1, 0.15) is 16.8 Å². The zero-order valence-electron chi connectivity index (χ0n) is 19.0. The largest absolute Gasteiger partial charge is 0.368 e. The fraction of sp³-hybridized carbons (Fsp3) is 0.125. The average Bonchev–Trinajstić information content (AvgIpc) is 3.30. The molecule has 35 heavy (non-hydrogen) atoms. The summed E-state index contributed by atoms with van der Waals surface area (Å²) in [6.45, 7) is 2.39. The predicted molar refractivity (Wildman–Crippen MR) is 130 cm³/mol. The van der Waals surface area contributed by atoms with E-state index in [1.54, 1.807) is 37.5 Å². The van der Waals surface area contributed by atoms with E-state index in [9.17, 15) is 10.1 Å². The van der Waals surface area contributed by atoms with E-state index in [2.05, 4.69) is 36.5 Å². The maximum atomic E-state index is 12.0. The number of nitrogens with zero attached hydrogens (tertiary/aromatic N) is 8. The summed E-state index contributed by atoms with van der Waals surface area (Å²) in [5.74, 6) is 0.409. The number of anilines is 2. The number of nitrogens with one attached hydrogen (secondary N) is 1. The molecular weight excluding hydrogens is 444 g/mol. The van der Waals surface area contributed by atoms with Crippen molar-refractivity contribution in [3.05, 3.63) is 81.9 Å². The Hall–Kier alpha value is -5.11. The number of hydrogen-bond donors (Lipinski definition) is 2. The highest BCUT2D eigenvalue weighted by Crippen LogP contribution is 2.35. The molecule has 0 fully saturated rings. The van der Waals surface area contributed by atoms with Crippen LogP contribution in [0, 0.1) is 18.3 Å². The molecule has 0 atom stereocenters. The lowest BCUT2D eigenvalue weighted by Crippen LogP contribution is -2.18. The van der Waals surface area contributed by atoms with Crippen LogP contribution in [-0.4, -0.2) is 34.3 Å². The van der Waals surface area contributed by atoms with Crippen molar-refractivity contribution in [3.8, 4) is 28.6 Å². The maximum Gasteiger partial charge on any atom is 0.266 e. The Morgan fingerprint density at radius 1 is 1.09 bits per heavy atom. The van der Waals surface area contributed by atoms with Crippen molar-refractivity contribution >= 4 is 17.5 Å². The molecule has 0 unspecified atom stereocenters. The summed E-state index contributed by atoms with van der Waals surface area (Å²) in [5, 5.41) is 21.8. The summed E-state index contributed by atoms with van der Waals surface area (Å²) >= 11 is 0. The monoisotopic (exact) mass is 464 g/mol. The second-order valence-electron chi connectivity index (χ2n) is 7.82. The molecule has 0 saturated carbocycles. The van der Waals surface area contributed by atoms with Gasteiger partial charge in [-0.15, -0.1) is 5.10 Å². The number of aryl methyl sites for hydroxylation is 2. The minimum absolute atomic E-state index is 0.0888. The van der Waals surface area contributed by atoms with Gasteiger partial charge in [0.25, 0.3) is 5.56 Å². The lowest BCUT2D eigenvalue weighted by molar-refractivity contribution is 0.712. The van der Waals surface area contributed by atoms with Gasteiger partial charge in [0.2, 0.25) is 11.9 Å². The van der Waals surface area contributed by atoms with Crippen molar-refractivity contribution in [1.29, 1.82) is 5.26 Å². The Bertz CT molecular complexity index is 1680. The maximum absolute atomic E-state index is 12.0. The third-order valence-corrected chi connectivity index (χ3v) is 5.56. The van der Waals surface area contributed by atoms with Crippen LogP contribution in [0.15, 0.2) is 59.5 Å². The fourth-order valence-electron chi connectivity index (χ4n) is 3.75. The molecule has 4 heterocycles. The molecule has 172 valence electrons. The number of rotatable bonds is 5. The molecule has 0 spiro atoms. The van der Waals surface area contributed by atoms with Gasteiger partial charge in [0.05, 0.1) is 40.8 Å². The lowest BCUT2D eigenvalue weighted by Gasteiger charge is -2.12. The van der Waals surface area contributed by atoms with Gasteiger partial charge >= 0.3 is 0 Å². The third-order valence-electron chi connectivity index (χ3n) is 5.56. The number of nitrogen functional groups attached to an aromatic ring is 1. The molecule has 11 heteroatoms. The van der Waals surface area contributed by atoms with E-state index in [1.165, 1.54) is 15.3 Å². The number of pyridine rings is 1. The van der Waals surface area contributed by atoms with Crippen LogP contribution in [0.2, 0.25) is 0 Å². The van der Waals surface area contributed by atoms with Gasteiger partial charge < -0.3 is 11.1 Å². The summed E-state index contributed by atoms with van der Waals surface area (Å²) in [6, 6.07) is 16.1. The first-order chi connectivity index (χ1) is 17.0. The van der Waals surface area contributed by atoms with Crippen LogP contribution < -0.4 is 16.6 Å². The van der Waals surface area contributed by atoms with E-state index >= 15 is 0 Å². The number of aromatic nitrogens is 7. The molecule has 1 aromatic carbocycles. The van der Waals surface area contributed by atoms with Gasteiger partial charge in [-0.05, 0) is 30.7 Å².